The molecule has 8 rings (SSSR count). The lowest BCUT2D eigenvalue weighted by atomic mass is 9.33. The maximum atomic E-state index is 11.6. The highest BCUT2D eigenvalue weighted by Gasteiger charge is 2.70. The summed E-state index contributed by atoms with van der Waals surface area (Å²) in [5.41, 5.74) is 4.47. The molecule has 4 unspecified atom stereocenters. The summed E-state index contributed by atoms with van der Waals surface area (Å²) in [5, 5.41) is 13.9. The fourth-order valence-electron chi connectivity index (χ4n) is 15.1. The van der Waals surface area contributed by atoms with E-state index < -0.39 is 5.97 Å². The number of carboxylic acid groups (broad SMARTS) is 1. The minimum absolute atomic E-state index is 0.0506. The van der Waals surface area contributed by atoms with E-state index in [1.54, 1.807) is 12.1 Å². The molecule has 0 spiro atoms. The fraction of sp³-hybridized carbons (Fsp3) is 0.795. The van der Waals surface area contributed by atoms with E-state index in [1.807, 2.05) is 0 Å². The topological polar surface area (TPSA) is 61.8 Å². The Bertz CT molecular complexity index is 1500. The van der Waals surface area contributed by atoms with E-state index in [1.165, 1.54) is 75.5 Å². The van der Waals surface area contributed by atoms with Crippen LogP contribution in [0.25, 0.3) is 5.57 Å². The van der Waals surface area contributed by atoms with Gasteiger partial charge in [-0.15, -0.1) is 0 Å². The van der Waals surface area contributed by atoms with Crippen molar-refractivity contribution in [2.24, 2.45) is 57.2 Å². The molecule has 2 aliphatic heterocycles. The highest BCUT2D eigenvalue weighted by Crippen LogP contribution is 2.76. The van der Waals surface area contributed by atoms with Gasteiger partial charge in [-0.1, -0.05) is 66.7 Å². The third-order valence-corrected chi connectivity index (χ3v) is 17.6. The van der Waals surface area contributed by atoms with E-state index in [2.05, 4.69) is 83.8 Å². The second-order valence-electron chi connectivity index (χ2n) is 20.2. The van der Waals surface area contributed by atoms with Gasteiger partial charge in [0.25, 0.3) is 0 Å². The Morgan fingerprint density at radius 2 is 1.69 bits per heavy atom. The largest absolute Gasteiger partial charge is 0.478 e. The van der Waals surface area contributed by atoms with Gasteiger partial charge in [0.05, 0.1) is 17.8 Å². The predicted octanol–water partition coefficient (Wildman–Crippen LogP) is 9.32. The molecule has 7 aliphatic rings. The number of ether oxygens (including phenoxy) is 1. The number of likely N-dealkylation sites (tertiary alicyclic amines) is 1. The molecule has 1 aromatic rings. The van der Waals surface area contributed by atoms with Crippen LogP contribution in [-0.2, 0) is 4.74 Å². The van der Waals surface area contributed by atoms with Crippen molar-refractivity contribution in [1.29, 1.82) is 0 Å². The number of carbonyl (C=O) groups is 1. The lowest BCUT2D eigenvalue weighted by molar-refractivity contribution is -0.221. The summed E-state index contributed by atoms with van der Waals surface area (Å²) in [6, 6.07) is 8.31. The number of allylic oxidation sites excluding steroid dienone is 2. The molecule has 1 aromatic carbocycles. The first-order valence-electron chi connectivity index (χ1n) is 20.2. The first-order chi connectivity index (χ1) is 23.1. The number of fused-ring (bicyclic) bond motifs is 9. The summed E-state index contributed by atoms with van der Waals surface area (Å²) < 4.78 is 6.10. The number of hydrogen-bond donors (Lipinski definition) is 2. The summed E-state index contributed by atoms with van der Waals surface area (Å²) in [5.74, 6) is 3.67. The van der Waals surface area contributed by atoms with Crippen molar-refractivity contribution in [3.8, 4) is 0 Å². The van der Waals surface area contributed by atoms with Gasteiger partial charge >= 0.3 is 5.97 Å². The van der Waals surface area contributed by atoms with Gasteiger partial charge in [-0.2, -0.15) is 0 Å². The van der Waals surface area contributed by atoms with Crippen molar-refractivity contribution in [2.75, 3.05) is 26.2 Å². The number of rotatable bonds is 7. The van der Waals surface area contributed by atoms with Gasteiger partial charge in [-0.25, -0.2) is 4.79 Å². The minimum atomic E-state index is -0.849. The van der Waals surface area contributed by atoms with Gasteiger partial charge in [0.1, 0.15) is 0 Å². The zero-order valence-electron chi connectivity index (χ0n) is 32.0. The molecule has 270 valence electrons. The minimum Gasteiger partial charge on any atom is -0.478 e. The van der Waals surface area contributed by atoms with Crippen LogP contribution in [0.4, 0.5) is 0 Å². The van der Waals surface area contributed by atoms with Gasteiger partial charge in [-0.05, 0) is 152 Å². The van der Waals surface area contributed by atoms with Crippen molar-refractivity contribution in [3.63, 3.8) is 0 Å². The van der Waals surface area contributed by atoms with E-state index in [4.69, 9.17) is 4.74 Å². The molecule has 2 N–H and O–H groups in total. The molecule has 5 heteroatoms. The van der Waals surface area contributed by atoms with Gasteiger partial charge < -0.3 is 15.2 Å². The van der Waals surface area contributed by atoms with Crippen LogP contribution in [0.5, 0.6) is 0 Å². The Labute approximate surface area is 297 Å². The number of carboxylic acids is 1. The van der Waals surface area contributed by atoms with Crippen molar-refractivity contribution < 1.29 is 14.6 Å². The highest BCUT2D eigenvalue weighted by molar-refractivity contribution is 5.88. The number of morpholine rings is 1. The molecule has 5 nitrogen and oxygen atoms in total. The lowest BCUT2D eigenvalue weighted by Gasteiger charge is -2.72. The van der Waals surface area contributed by atoms with Crippen LogP contribution in [-0.4, -0.2) is 59.4 Å². The van der Waals surface area contributed by atoms with Crippen LogP contribution >= 0.6 is 0 Å². The molecule has 0 amide bonds. The maximum absolute atomic E-state index is 11.6. The fourth-order valence-corrected chi connectivity index (χ4v) is 15.1. The molecule has 2 heterocycles. The Hall–Kier alpha value is -1.69. The Kier molecular flexibility index (Phi) is 8.01. The van der Waals surface area contributed by atoms with Gasteiger partial charge in [0.2, 0.25) is 0 Å². The van der Waals surface area contributed by atoms with E-state index in [0.717, 1.165) is 55.7 Å². The number of hydrogen-bond acceptors (Lipinski definition) is 4. The normalized spacial score (nSPS) is 46.9. The van der Waals surface area contributed by atoms with Gasteiger partial charge in [0, 0.05) is 31.2 Å². The van der Waals surface area contributed by atoms with Gasteiger partial charge in [0.15, 0.2) is 0 Å². The smallest absolute Gasteiger partial charge is 0.335 e. The second-order valence-corrected chi connectivity index (χ2v) is 20.2. The quantitative estimate of drug-likeness (QED) is 0.303. The molecule has 0 aromatic heterocycles. The Morgan fingerprint density at radius 3 is 2.35 bits per heavy atom. The van der Waals surface area contributed by atoms with Crippen LogP contribution in [0.2, 0.25) is 0 Å². The van der Waals surface area contributed by atoms with Crippen molar-refractivity contribution in [2.45, 2.75) is 137 Å². The lowest BCUT2D eigenvalue weighted by Crippen LogP contribution is -2.68. The standard InChI is InChI=1S/C44H66N2O3/c1-28(2)32-15-20-44(45-23-24-46-27-40(5)25-31(46)26-49-40)22-21-42(7)34(37(32)44)13-14-36-41(6)18-16-33(29-9-11-30(12-10-29)38(47)48)39(3,4)35(41)17-19-43(36,42)8/h9-12,16,28,31-32,34-37,45H,13-15,17-27H2,1-8H3,(H,47,48)/t31?,32-,34+,35?,36?,37?,40-,41-,42+,43+,44-/m0/s1. The maximum Gasteiger partial charge on any atom is 0.335 e. The number of aromatic carboxylic acids is 1. The number of nitrogens with zero attached hydrogens (tertiary/aromatic N) is 1. The number of nitrogens with one attached hydrogen (secondary N) is 1. The molecular formula is C44H66N2O3. The monoisotopic (exact) mass is 671 g/mol. The molecule has 5 aliphatic carbocycles. The Morgan fingerprint density at radius 1 is 0.939 bits per heavy atom. The second kappa shape index (κ2) is 11.4. The average molecular weight is 671 g/mol. The molecule has 6 fully saturated rings. The van der Waals surface area contributed by atoms with E-state index in [9.17, 15) is 9.90 Å². The van der Waals surface area contributed by atoms with Crippen LogP contribution < -0.4 is 5.32 Å². The third-order valence-electron chi connectivity index (χ3n) is 17.6. The Balaban J connectivity index is 1.06. The molecule has 2 saturated heterocycles. The highest BCUT2D eigenvalue weighted by atomic mass is 16.5. The molecule has 4 saturated carbocycles. The van der Waals surface area contributed by atoms with E-state index in [-0.39, 0.29) is 16.4 Å². The molecule has 49 heavy (non-hydrogen) atoms. The first kappa shape index (κ1) is 34.4. The van der Waals surface area contributed by atoms with Crippen molar-refractivity contribution in [3.05, 3.63) is 41.5 Å². The third kappa shape index (κ3) is 4.89. The summed E-state index contributed by atoms with van der Waals surface area (Å²) in [4.78, 5) is 14.3. The van der Waals surface area contributed by atoms with Crippen LogP contribution in [0.1, 0.15) is 136 Å². The zero-order chi connectivity index (χ0) is 34.8. The molecule has 0 radical (unpaired) electrons. The number of benzene rings is 1. The average Bonchev–Trinajstić information content (AvgIpc) is 3.71. The van der Waals surface area contributed by atoms with Crippen LogP contribution in [0.15, 0.2) is 30.3 Å². The van der Waals surface area contributed by atoms with E-state index in [0.29, 0.717) is 33.9 Å². The van der Waals surface area contributed by atoms with Crippen LogP contribution in [0.3, 0.4) is 0 Å². The first-order valence-corrected chi connectivity index (χ1v) is 20.2. The SMILES string of the molecule is CC(C)[C@@H]1CC[C@]2(NCCN3C[C@]4(C)CC3CO4)CC[C@]3(C)[C@H](CCC4[C@@]5(C)CC=C(c6ccc(C(=O)O)cc6)C(C)(C)C5CC[C@]43C)C12. The predicted molar refractivity (Wildman–Crippen MR) is 198 cm³/mol. The van der Waals surface area contributed by atoms with Crippen LogP contribution in [0, 0.1) is 57.2 Å². The van der Waals surface area contributed by atoms with Crippen molar-refractivity contribution >= 4 is 11.5 Å². The molecular weight excluding hydrogens is 604 g/mol. The summed E-state index contributed by atoms with van der Waals surface area (Å²) in [7, 11) is 0. The molecule has 11 atom stereocenters. The molecule has 2 bridgehead atoms. The van der Waals surface area contributed by atoms with E-state index >= 15 is 0 Å². The van der Waals surface area contributed by atoms with Crippen molar-refractivity contribution in [1.82, 2.24) is 10.2 Å². The van der Waals surface area contributed by atoms with Gasteiger partial charge in [-0.3, -0.25) is 4.90 Å². The zero-order valence-corrected chi connectivity index (χ0v) is 32.0. The summed E-state index contributed by atoms with van der Waals surface area (Å²) in [6.07, 6.45) is 15.8. The summed E-state index contributed by atoms with van der Waals surface area (Å²) >= 11 is 0. The summed E-state index contributed by atoms with van der Waals surface area (Å²) in [6.45, 7) is 24.9.